The van der Waals surface area contributed by atoms with E-state index in [9.17, 15) is 47.9 Å². The Morgan fingerprint density at radius 3 is 0.712 bits per heavy atom. The van der Waals surface area contributed by atoms with Crippen molar-refractivity contribution in [2.75, 3.05) is 26.4 Å². The van der Waals surface area contributed by atoms with Gasteiger partial charge in [0, 0.05) is 0 Å². The Balaban J connectivity index is 1.35. The van der Waals surface area contributed by atoms with Crippen LogP contribution in [0.15, 0.2) is 121 Å². The minimum Gasteiger partial charge on any atom is -0.458 e. The van der Waals surface area contributed by atoms with Gasteiger partial charge in [0.1, 0.15) is 26.4 Å². The molecule has 66 heavy (non-hydrogen) atoms. The van der Waals surface area contributed by atoms with E-state index >= 15 is 0 Å². The second-order valence-corrected chi connectivity index (χ2v) is 13.3. The summed E-state index contributed by atoms with van der Waals surface area (Å²) in [5.74, 6) is -13.7. The van der Waals surface area contributed by atoms with Crippen molar-refractivity contribution in [2.45, 2.75) is 51.5 Å². The summed E-state index contributed by atoms with van der Waals surface area (Å²) < 4.78 is 49.1. The molecule has 0 aliphatic heterocycles. The van der Waals surface area contributed by atoms with Gasteiger partial charge in [0.15, 0.2) is 26.4 Å². The quantitative estimate of drug-likeness (QED) is 0.0526. The first-order valence-corrected chi connectivity index (χ1v) is 19.7. The minimum absolute atomic E-state index is 0.197. The fraction of sp³-hybridized carbons (Fsp3) is 0.261. The average Bonchev–Trinajstić information content (AvgIpc) is 3.34. The summed E-state index contributed by atoms with van der Waals surface area (Å²) in [6, 6.07) is 33.7. The molecule has 0 saturated carbocycles. The SMILES string of the molecule is O=C(COC(=O)C(OC(=O)CCC(=O)OC(C(=O)OCC(=O)OCc1ccccc1)C(=O)OCC(=O)OCc1ccccc1)C(=O)OCC(=O)OCc1ccccc1)OCc1ccccc1. The molecule has 0 unspecified atom stereocenters. The van der Waals surface area contributed by atoms with Crippen LogP contribution in [0.3, 0.4) is 0 Å². The molecule has 0 fully saturated rings. The van der Waals surface area contributed by atoms with E-state index in [1.807, 2.05) is 0 Å². The van der Waals surface area contributed by atoms with Crippen molar-refractivity contribution in [1.29, 1.82) is 0 Å². The van der Waals surface area contributed by atoms with Crippen molar-refractivity contribution in [1.82, 2.24) is 0 Å². The third-order valence-electron chi connectivity index (χ3n) is 8.19. The molecule has 4 aromatic rings. The summed E-state index contributed by atoms with van der Waals surface area (Å²) in [4.78, 5) is 127. The Morgan fingerprint density at radius 1 is 0.288 bits per heavy atom. The lowest BCUT2D eigenvalue weighted by molar-refractivity contribution is -0.186. The van der Waals surface area contributed by atoms with Crippen LogP contribution in [0.1, 0.15) is 35.1 Å². The van der Waals surface area contributed by atoms with Gasteiger partial charge in [0.05, 0.1) is 12.8 Å². The van der Waals surface area contributed by atoms with Gasteiger partial charge in [-0.25, -0.2) is 38.4 Å². The zero-order valence-corrected chi connectivity index (χ0v) is 34.9. The van der Waals surface area contributed by atoms with Gasteiger partial charge in [-0.3, -0.25) is 9.59 Å². The lowest BCUT2D eigenvalue weighted by atomic mass is 10.2. The number of carbonyl (C=O) groups is 10. The zero-order valence-electron chi connectivity index (χ0n) is 34.9. The molecule has 0 bridgehead atoms. The number of esters is 10. The summed E-state index contributed by atoms with van der Waals surface area (Å²) in [6.45, 7) is -5.00. The number of hydrogen-bond donors (Lipinski definition) is 0. The van der Waals surface area contributed by atoms with Gasteiger partial charge in [-0.05, 0) is 22.3 Å². The van der Waals surface area contributed by atoms with E-state index < -0.39 is 111 Å². The Bertz CT molecular complexity index is 1960. The number of carbonyl (C=O) groups excluding carboxylic acids is 10. The minimum atomic E-state index is -2.56. The van der Waals surface area contributed by atoms with E-state index in [-0.39, 0.29) is 26.4 Å². The summed E-state index contributed by atoms with van der Waals surface area (Å²) in [5, 5.41) is 0. The molecule has 0 aliphatic carbocycles. The van der Waals surface area contributed by atoms with Crippen molar-refractivity contribution >= 4 is 59.7 Å². The summed E-state index contributed by atoms with van der Waals surface area (Å²) in [7, 11) is 0. The maximum atomic E-state index is 12.9. The van der Waals surface area contributed by atoms with E-state index in [0.717, 1.165) is 0 Å². The van der Waals surface area contributed by atoms with Crippen LogP contribution in [0, 0.1) is 0 Å². The standard InChI is InChI=1S/C46H42O20/c47-35(65-41(43(53)61-27-37(49)57-23-31-13-5-1-6-14-31)44(54)62-28-38(50)58-24-32-15-7-2-8-16-32)21-22-36(48)66-42(45(55)63-29-39(51)59-25-33-17-9-3-10-18-33)46(56)64-30-40(52)60-26-34-19-11-4-12-20-34/h1-20,41-42H,21-30H2. The largest absolute Gasteiger partial charge is 0.458 e. The molecule has 0 spiro atoms. The predicted octanol–water partition coefficient (Wildman–Crippen LogP) is 2.74. The Labute approximate surface area is 375 Å². The van der Waals surface area contributed by atoms with Crippen molar-refractivity contribution in [3.05, 3.63) is 144 Å². The molecular weight excluding hydrogens is 872 g/mol. The van der Waals surface area contributed by atoms with E-state index in [4.69, 9.17) is 47.4 Å². The highest BCUT2D eigenvalue weighted by molar-refractivity contribution is 6.02. The lowest BCUT2D eigenvalue weighted by Gasteiger charge is -2.17. The molecule has 0 N–H and O–H groups in total. The summed E-state index contributed by atoms with van der Waals surface area (Å²) in [5.41, 5.74) is 2.40. The molecule has 0 saturated heterocycles. The molecule has 0 aromatic heterocycles. The van der Waals surface area contributed by atoms with E-state index in [2.05, 4.69) is 0 Å². The number of benzene rings is 4. The predicted molar refractivity (Wildman–Crippen MR) is 218 cm³/mol. The molecule has 0 atom stereocenters. The molecule has 346 valence electrons. The van der Waals surface area contributed by atoms with Gasteiger partial charge < -0.3 is 47.4 Å². The zero-order chi connectivity index (χ0) is 47.5. The smallest absolute Gasteiger partial charge is 0.359 e. The monoisotopic (exact) mass is 914 g/mol. The second kappa shape index (κ2) is 27.6. The van der Waals surface area contributed by atoms with Crippen LogP contribution in [0.25, 0.3) is 0 Å². The Morgan fingerprint density at radius 2 is 0.500 bits per heavy atom. The van der Waals surface area contributed by atoms with Gasteiger partial charge in [0.2, 0.25) is 0 Å². The molecule has 20 nitrogen and oxygen atoms in total. The Kier molecular flexibility index (Phi) is 21.0. The number of rotatable bonds is 25. The first-order chi connectivity index (χ1) is 31.9. The van der Waals surface area contributed by atoms with E-state index in [1.165, 1.54) is 0 Å². The molecule has 0 amide bonds. The van der Waals surface area contributed by atoms with Crippen LogP contribution in [0.4, 0.5) is 0 Å². The first-order valence-electron chi connectivity index (χ1n) is 19.7. The maximum Gasteiger partial charge on any atom is 0.359 e. The third-order valence-corrected chi connectivity index (χ3v) is 8.19. The highest BCUT2D eigenvalue weighted by atomic mass is 16.7. The van der Waals surface area contributed by atoms with Gasteiger partial charge >= 0.3 is 59.7 Å². The van der Waals surface area contributed by atoms with Crippen LogP contribution < -0.4 is 0 Å². The van der Waals surface area contributed by atoms with Gasteiger partial charge in [-0.2, -0.15) is 0 Å². The first kappa shape index (κ1) is 50.2. The normalized spacial score (nSPS) is 10.4. The van der Waals surface area contributed by atoms with Gasteiger partial charge in [0.25, 0.3) is 12.2 Å². The fourth-order valence-corrected chi connectivity index (χ4v) is 4.91. The highest BCUT2D eigenvalue weighted by Gasteiger charge is 2.37. The topological polar surface area (TPSA) is 263 Å². The maximum absolute atomic E-state index is 12.9. The van der Waals surface area contributed by atoms with Crippen molar-refractivity contribution < 1.29 is 95.3 Å². The van der Waals surface area contributed by atoms with Crippen molar-refractivity contribution in [3.63, 3.8) is 0 Å². The molecule has 4 aromatic carbocycles. The number of hydrogen-bond acceptors (Lipinski definition) is 20. The molecule has 0 aliphatic rings. The molecule has 20 heteroatoms. The number of ether oxygens (including phenoxy) is 10. The van der Waals surface area contributed by atoms with E-state index in [1.54, 1.807) is 121 Å². The van der Waals surface area contributed by atoms with E-state index in [0.29, 0.717) is 22.3 Å². The molecular formula is C46H42O20. The average molecular weight is 915 g/mol. The van der Waals surface area contributed by atoms with Gasteiger partial charge in [-0.1, -0.05) is 121 Å². The van der Waals surface area contributed by atoms with Crippen LogP contribution in [-0.2, 0) is 122 Å². The van der Waals surface area contributed by atoms with Crippen LogP contribution in [-0.4, -0.2) is 98.3 Å². The lowest BCUT2D eigenvalue weighted by Crippen LogP contribution is -2.40. The fourth-order valence-electron chi connectivity index (χ4n) is 4.91. The van der Waals surface area contributed by atoms with Gasteiger partial charge in [-0.15, -0.1) is 0 Å². The van der Waals surface area contributed by atoms with Crippen LogP contribution >= 0.6 is 0 Å². The summed E-state index contributed by atoms with van der Waals surface area (Å²) >= 11 is 0. The van der Waals surface area contributed by atoms with Crippen molar-refractivity contribution in [2.24, 2.45) is 0 Å². The summed E-state index contributed by atoms with van der Waals surface area (Å²) in [6.07, 6.45) is -7.11. The van der Waals surface area contributed by atoms with Crippen molar-refractivity contribution in [3.8, 4) is 0 Å². The third kappa shape index (κ3) is 19.3. The molecule has 0 heterocycles. The molecule has 0 radical (unpaired) electrons. The Hall–Kier alpha value is -8.42. The second-order valence-electron chi connectivity index (χ2n) is 13.3. The highest BCUT2D eigenvalue weighted by Crippen LogP contribution is 2.10. The molecule has 4 rings (SSSR count). The van der Waals surface area contributed by atoms with Crippen LogP contribution in [0.2, 0.25) is 0 Å². The van der Waals surface area contributed by atoms with Crippen LogP contribution in [0.5, 0.6) is 0 Å².